The number of hydrogen-bond donors (Lipinski definition) is 3. The van der Waals surface area contributed by atoms with E-state index in [-0.39, 0.29) is 0 Å². The zero-order valence-electron chi connectivity index (χ0n) is 19.4. The van der Waals surface area contributed by atoms with Crippen LogP contribution in [0.4, 0.5) is 0 Å². The van der Waals surface area contributed by atoms with E-state index in [0.29, 0.717) is 6.04 Å². The molecule has 34 heavy (non-hydrogen) atoms. The van der Waals surface area contributed by atoms with Gasteiger partial charge in [0.15, 0.2) is 0 Å². The van der Waals surface area contributed by atoms with Gasteiger partial charge in [-0.25, -0.2) is 5.48 Å². The molecule has 0 spiro atoms. The molecule has 4 aromatic rings. The third kappa shape index (κ3) is 4.55. The number of hydroxylamine groups is 1. The first-order valence-corrected chi connectivity index (χ1v) is 11.8. The number of aromatic nitrogens is 2. The topological polar surface area (TPSA) is 73.3 Å². The number of benzene rings is 2. The monoisotopic (exact) mass is 454 g/mol. The van der Waals surface area contributed by atoms with Crippen LogP contribution in [-0.4, -0.2) is 32.1 Å². The standard InChI is InChI=1S/C28H30N4O2/c1-31-19-23(24-4-2-3-5-26(24)31)13-15-32(18-21-12-14-29-17-21)27-10-8-22-16-20(6-9-25(22)27)7-11-28(33)30-34/h2-7,9,11-12,14,16-17,19,27,29,34H,8,10,13,15,18H2,1H3,(H,30,33)/b11-7+. The lowest BCUT2D eigenvalue weighted by Crippen LogP contribution is -2.29. The second-order valence-electron chi connectivity index (χ2n) is 9.04. The van der Waals surface area contributed by atoms with Crippen molar-refractivity contribution < 1.29 is 10.0 Å². The Morgan fingerprint density at radius 2 is 2.15 bits per heavy atom. The van der Waals surface area contributed by atoms with Crippen LogP contribution in [0.15, 0.2) is 73.2 Å². The lowest BCUT2D eigenvalue weighted by atomic mass is 10.0. The van der Waals surface area contributed by atoms with Gasteiger partial charge in [-0.05, 0) is 65.3 Å². The second kappa shape index (κ2) is 9.71. The Labute approximate surface area is 199 Å². The zero-order valence-corrected chi connectivity index (χ0v) is 19.4. The highest BCUT2D eigenvalue weighted by molar-refractivity contribution is 5.90. The molecule has 2 heterocycles. The van der Waals surface area contributed by atoms with Crippen LogP contribution in [0.3, 0.4) is 0 Å². The number of aromatic amines is 1. The van der Waals surface area contributed by atoms with Crippen LogP contribution in [0, 0.1) is 0 Å². The summed E-state index contributed by atoms with van der Waals surface area (Å²) in [4.78, 5) is 17.1. The first-order valence-electron chi connectivity index (χ1n) is 11.8. The summed E-state index contributed by atoms with van der Waals surface area (Å²) in [6.07, 6.45) is 12.5. The summed E-state index contributed by atoms with van der Waals surface area (Å²) < 4.78 is 2.22. The molecule has 174 valence electrons. The molecule has 1 amide bonds. The Balaban J connectivity index is 1.39. The van der Waals surface area contributed by atoms with Crippen molar-refractivity contribution in [2.75, 3.05) is 6.54 Å². The minimum absolute atomic E-state index is 0.360. The molecule has 0 fully saturated rings. The van der Waals surface area contributed by atoms with Crippen LogP contribution >= 0.6 is 0 Å². The molecule has 1 atom stereocenters. The van der Waals surface area contributed by atoms with Gasteiger partial charge in [-0.3, -0.25) is 14.9 Å². The fraction of sp³-hybridized carbons (Fsp3) is 0.250. The average Bonchev–Trinajstić information content (AvgIpc) is 3.60. The third-order valence-electron chi connectivity index (χ3n) is 6.89. The van der Waals surface area contributed by atoms with Crippen molar-refractivity contribution in [1.82, 2.24) is 19.9 Å². The van der Waals surface area contributed by atoms with Crippen LogP contribution in [-0.2, 0) is 31.2 Å². The van der Waals surface area contributed by atoms with Gasteiger partial charge in [-0.2, -0.15) is 0 Å². The lowest BCUT2D eigenvalue weighted by molar-refractivity contribution is -0.124. The van der Waals surface area contributed by atoms with E-state index in [1.165, 1.54) is 39.2 Å². The van der Waals surface area contributed by atoms with Gasteiger partial charge in [0.05, 0.1) is 0 Å². The highest BCUT2D eigenvalue weighted by atomic mass is 16.5. The van der Waals surface area contributed by atoms with Gasteiger partial charge in [0.1, 0.15) is 0 Å². The van der Waals surface area contributed by atoms with Crippen molar-refractivity contribution in [2.24, 2.45) is 7.05 Å². The summed E-state index contributed by atoms with van der Waals surface area (Å²) in [5.41, 5.74) is 9.26. The van der Waals surface area contributed by atoms with E-state index in [1.54, 1.807) is 11.6 Å². The Bertz CT molecular complexity index is 1320. The number of nitrogens with one attached hydrogen (secondary N) is 2. The molecule has 2 aromatic carbocycles. The molecule has 1 unspecified atom stereocenters. The zero-order chi connectivity index (χ0) is 23.5. The summed E-state index contributed by atoms with van der Waals surface area (Å²) >= 11 is 0. The van der Waals surface area contributed by atoms with Crippen LogP contribution in [0.25, 0.3) is 17.0 Å². The van der Waals surface area contributed by atoms with Gasteiger partial charge in [-0.1, -0.05) is 36.4 Å². The molecule has 0 saturated heterocycles. The fourth-order valence-electron chi connectivity index (χ4n) is 5.23. The van der Waals surface area contributed by atoms with Gasteiger partial charge < -0.3 is 9.55 Å². The van der Waals surface area contributed by atoms with E-state index in [0.717, 1.165) is 37.9 Å². The Kier molecular flexibility index (Phi) is 6.34. The fourth-order valence-corrected chi connectivity index (χ4v) is 5.23. The van der Waals surface area contributed by atoms with Crippen LogP contribution in [0.1, 0.15) is 40.3 Å². The molecular weight excluding hydrogens is 424 g/mol. The molecule has 1 aliphatic rings. The first-order chi connectivity index (χ1) is 16.6. The van der Waals surface area contributed by atoms with Crippen molar-refractivity contribution in [3.63, 3.8) is 0 Å². The van der Waals surface area contributed by atoms with Crippen LogP contribution in [0.5, 0.6) is 0 Å². The minimum atomic E-state index is -0.524. The quantitative estimate of drug-likeness (QED) is 0.204. The van der Waals surface area contributed by atoms with E-state index in [4.69, 9.17) is 5.21 Å². The summed E-state index contributed by atoms with van der Waals surface area (Å²) in [7, 11) is 2.12. The Morgan fingerprint density at radius 1 is 1.26 bits per heavy atom. The van der Waals surface area contributed by atoms with Gasteiger partial charge in [-0.15, -0.1) is 0 Å². The lowest BCUT2D eigenvalue weighted by Gasteiger charge is -2.29. The molecule has 2 aromatic heterocycles. The van der Waals surface area contributed by atoms with Crippen molar-refractivity contribution >= 4 is 22.9 Å². The molecule has 0 aliphatic heterocycles. The van der Waals surface area contributed by atoms with Gasteiger partial charge in [0.25, 0.3) is 5.91 Å². The molecule has 1 aliphatic carbocycles. The Hall–Kier alpha value is -3.61. The number of carbonyl (C=O) groups excluding carboxylic acids is 1. The SMILES string of the molecule is Cn1cc(CCN(Cc2cc[nH]c2)C2CCc3cc(/C=C/C(=O)NO)ccc32)c2ccccc21. The van der Waals surface area contributed by atoms with E-state index < -0.39 is 5.91 Å². The Morgan fingerprint density at radius 3 is 2.97 bits per heavy atom. The maximum atomic E-state index is 11.3. The minimum Gasteiger partial charge on any atom is -0.367 e. The van der Waals surface area contributed by atoms with E-state index in [9.17, 15) is 4.79 Å². The number of rotatable bonds is 8. The van der Waals surface area contributed by atoms with Gasteiger partial charge >= 0.3 is 0 Å². The molecular formula is C28H30N4O2. The summed E-state index contributed by atoms with van der Waals surface area (Å²) in [5, 5.41) is 10.0. The number of nitrogens with zero attached hydrogens (tertiary/aromatic N) is 2. The maximum Gasteiger partial charge on any atom is 0.267 e. The summed E-state index contributed by atoms with van der Waals surface area (Å²) in [5.74, 6) is -0.524. The number of H-pyrrole nitrogens is 1. The number of aryl methyl sites for hydroxylation is 2. The van der Waals surface area contributed by atoms with Crippen molar-refractivity contribution in [2.45, 2.75) is 31.8 Å². The predicted molar refractivity (Wildman–Crippen MR) is 134 cm³/mol. The third-order valence-corrected chi connectivity index (χ3v) is 6.89. The number of amides is 1. The number of hydrogen-bond acceptors (Lipinski definition) is 3. The summed E-state index contributed by atoms with van der Waals surface area (Å²) in [6.45, 7) is 1.87. The highest BCUT2D eigenvalue weighted by Gasteiger charge is 2.28. The smallest absolute Gasteiger partial charge is 0.267 e. The van der Waals surface area contributed by atoms with Crippen molar-refractivity contribution in [3.05, 3.63) is 101 Å². The number of para-hydroxylation sites is 1. The highest BCUT2D eigenvalue weighted by Crippen LogP contribution is 2.37. The van der Waals surface area contributed by atoms with E-state index >= 15 is 0 Å². The van der Waals surface area contributed by atoms with E-state index in [2.05, 4.69) is 82.4 Å². The average molecular weight is 455 g/mol. The van der Waals surface area contributed by atoms with Crippen LogP contribution < -0.4 is 5.48 Å². The van der Waals surface area contributed by atoms with Crippen LogP contribution in [0.2, 0.25) is 0 Å². The molecule has 0 bridgehead atoms. The largest absolute Gasteiger partial charge is 0.367 e. The van der Waals surface area contributed by atoms with Gasteiger partial charge in [0.2, 0.25) is 0 Å². The van der Waals surface area contributed by atoms with Crippen molar-refractivity contribution in [3.8, 4) is 0 Å². The molecule has 0 radical (unpaired) electrons. The molecule has 6 nitrogen and oxygen atoms in total. The molecule has 3 N–H and O–H groups in total. The summed E-state index contributed by atoms with van der Waals surface area (Å²) in [6, 6.07) is 17.5. The van der Waals surface area contributed by atoms with Crippen molar-refractivity contribution in [1.29, 1.82) is 0 Å². The number of fused-ring (bicyclic) bond motifs is 2. The van der Waals surface area contributed by atoms with Gasteiger partial charge in [0, 0.05) is 61.7 Å². The normalized spacial score (nSPS) is 15.4. The maximum absolute atomic E-state index is 11.3. The molecule has 6 heteroatoms. The van der Waals surface area contributed by atoms with E-state index in [1.807, 2.05) is 6.20 Å². The number of carbonyl (C=O) groups is 1. The first kappa shape index (κ1) is 22.2. The predicted octanol–water partition coefficient (Wildman–Crippen LogP) is 4.76. The molecule has 5 rings (SSSR count). The second-order valence-corrected chi connectivity index (χ2v) is 9.04. The molecule has 0 saturated carbocycles.